The van der Waals surface area contributed by atoms with Gasteiger partial charge >= 0.3 is 5.69 Å². The zero-order chi connectivity index (χ0) is 18.8. The van der Waals surface area contributed by atoms with Gasteiger partial charge in [0.05, 0.1) is 6.61 Å². The van der Waals surface area contributed by atoms with E-state index in [0.29, 0.717) is 5.56 Å². The summed E-state index contributed by atoms with van der Waals surface area (Å²) in [6, 6.07) is 7.18. The van der Waals surface area contributed by atoms with Crippen LogP contribution in [0.2, 0.25) is 0 Å². The molecule has 4 atom stereocenters. The number of aliphatic hydroxyl groups is 3. The van der Waals surface area contributed by atoms with Crippen LogP contribution >= 0.6 is 0 Å². The van der Waals surface area contributed by atoms with E-state index in [2.05, 4.69) is 0 Å². The van der Waals surface area contributed by atoms with E-state index in [9.17, 15) is 24.2 Å². The Morgan fingerprint density at radius 3 is 2.50 bits per heavy atom. The predicted octanol–water partition coefficient (Wildman–Crippen LogP) is -0.997. The zero-order valence-corrected chi connectivity index (χ0v) is 13.7. The number of ether oxygens (including phenoxy) is 1. The predicted molar refractivity (Wildman–Crippen MR) is 88.1 cm³/mol. The van der Waals surface area contributed by atoms with E-state index in [4.69, 9.17) is 9.84 Å². The van der Waals surface area contributed by atoms with E-state index in [1.54, 1.807) is 18.2 Å². The van der Waals surface area contributed by atoms with Crippen LogP contribution in [0.4, 0.5) is 4.39 Å². The summed E-state index contributed by atoms with van der Waals surface area (Å²) in [5, 5.41) is 29.0. The Hall–Kier alpha value is -2.33. The lowest BCUT2D eigenvalue weighted by Crippen LogP contribution is -2.43. The SMILES string of the molecule is O=c1ccn([C@@H]2O[C@H](CO)C(O)[C@@H]2O)c(=O)n1CCc1ccccc1F. The average Bonchev–Trinajstić information content (AvgIpc) is 2.91. The fourth-order valence-corrected chi connectivity index (χ4v) is 2.97. The van der Waals surface area contributed by atoms with E-state index < -0.39 is 48.2 Å². The van der Waals surface area contributed by atoms with E-state index in [0.717, 1.165) is 21.4 Å². The first kappa shape index (κ1) is 18.5. The number of aromatic nitrogens is 2. The Bertz CT molecular complexity index is 895. The van der Waals surface area contributed by atoms with Gasteiger partial charge in [-0.3, -0.25) is 13.9 Å². The first-order valence-electron chi connectivity index (χ1n) is 8.12. The molecule has 0 bridgehead atoms. The molecule has 1 aliphatic heterocycles. The fourth-order valence-electron chi connectivity index (χ4n) is 2.97. The highest BCUT2D eigenvalue weighted by molar-refractivity contribution is 5.17. The molecule has 2 heterocycles. The summed E-state index contributed by atoms with van der Waals surface area (Å²) in [5.74, 6) is -0.430. The molecule has 3 N–H and O–H groups in total. The van der Waals surface area contributed by atoms with Gasteiger partial charge in [-0.2, -0.15) is 0 Å². The van der Waals surface area contributed by atoms with Crippen molar-refractivity contribution in [3.05, 3.63) is 68.7 Å². The second-order valence-electron chi connectivity index (χ2n) is 6.07. The van der Waals surface area contributed by atoms with Gasteiger partial charge in [-0.15, -0.1) is 0 Å². The Morgan fingerprint density at radius 2 is 1.85 bits per heavy atom. The lowest BCUT2D eigenvalue weighted by molar-refractivity contribution is -0.0556. The molecule has 0 amide bonds. The third-order valence-electron chi connectivity index (χ3n) is 4.45. The van der Waals surface area contributed by atoms with Crippen LogP contribution in [0.5, 0.6) is 0 Å². The minimum atomic E-state index is -1.44. The number of aliphatic hydroxyl groups excluding tert-OH is 3. The van der Waals surface area contributed by atoms with Crippen LogP contribution in [0.1, 0.15) is 11.8 Å². The summed E-state index contributed by atoms with van der Waals surface area (Å²) in [4.78, 5) is 24.7. The Kier molecular flexibility index (Phi) is 5.33. The van der Waals surface area contributed by atoms with Gasteiger partial charge in [0.15, 0.2) is 6.23 Å². The van der Waals surface area contributed by atoms with Crippen LogP contribution in [0, 0.1) is 5.82 Å². The summed E-state index contributed by atoms with van der Waals surface area (Å²) in [5.41, 5.74) is -0.972. The standard InChI is InChI=1S/C17H19FN2O6/c18-11-4-2-1-3-10(11)5-7-19-13(22)6-8-20(17(19)25)16-15(24)14(23)12(9-21)26-16/h1-4,6,8,12,14-16,21,23-24H,5,7,9H2/t12-,14?,15+,16-/m1/s1. The van der Waals surface area contributed by atoms with Gasteiger partial charge in [-0.25, -0.2) is 9.18 Å². The number of benzene rings is 1. The maximum atomic E-state index is 13.7. The Morgan fingerprint density at radius 1 is 1.12 bits per heavy atom. The molecule has 26 heavy (non-hydrogen) atoms. The van der Waals surface area contributed by atoms with Gasteiger partial charge in [-0.1, -0.05) is 18.2 Å². The summed E-state index contributed by atoms with van der Waals surface area (Å²) in [6.45, 7) is -0.593. The Balaban J connectivity index is 1.89. The maximum absolute atomic E-state index is 13.7. The lowest BCUT2D eigenvalue weighted by Gasteiger charge is -2.18. The van der Waals surface area contributed by atoms with Gasteiger partial charge in [0.25, 0.3) is 5.56 Å². The Labute approximate surface area is 147 Å². The smallest absolute Gasteiger partial charge is 0.333 e. The van der Waals surface area contributed by atoms with Crippen molar-refractivity contribution < 1.29 is 24.4 Å². The first-order chi connectivity index (χ1) is 12.4. The average molecular weight is 366 g/mol. The van der Waals surface area contributed by atoms with Crippen LogP contribution in [0.3, 0.4) is 0 Å². The fraction of sp³-hybridized carbons (Fsp3) is 0.412. The molecule has 8 nitrogen and oxygen atoms in total. The summed E-state index contributed by atoms with van der Waals surface area (Å²) >= 11 is 0. The molecular formula is C17H19FN2O6. The van der Waals surface area contributed by atoms with Gasteiger partial charge in [0.2, 0.25) is 0 Å². The van der Waals surface area contributed by atoms with E-state index in [-0.39, 0.29) is 13.0 Å². The second-order valence-corrected chi connectivity index (χ2v) is 6.07. The van der Waals surface area contributed by atoms with Crippen molar-refractivity contribution in [2.75, 3.05) is 6.61 Å². The van der Waals surface area contributed by atoms with Crippen molar-refractivity contribution in [2.24, 2.45) is 0 Å². The number of nitrogens with zero attached hydrogens (tertiary/aromatic N) is 2. The molecule has 0 aliphatic carbocycles. The summed E-state index contributed by atoms with van der Waals surface area (Å²) in [7, 11) is 0. The van der Waals surface area contributed by atoms with Gasteiger partial charge in [0.1, 0.15) is 24.1 Å². The van der Waals surface area contributed by atoms with Crippen molar-refractivity contribution in [2.45, 2.75) is 37.5 Å². The number of hydrogen-bond acceptors (Lipinski definition) is 6. The van der Waals surface area contributed by atoms with E-state index in [1.165, 1.54) is 6.07 Å². The normalized spacial score (nSPS) is 25.5. The monoisotopic (exact) mass is 366 g/mol. The van der Waals surface area contributed by atoms with E-state index in [1.807, 2.05) is 0 Å². The molecule has 9 heteroatoms. The highest BCUT2D eigenvalue weighted by atomic mass is 19.1. The van der Waals surface area contributed by atoms with Gasteiger partial charge < -0.3 is 20.1 Å². The van der Waals surface area contributed by atoms with Crippen LogP contribution < -0.4 is 11.2 Å². The van der Waals surface area contributed by atoms with Gasteiger partial charge in [-0.05, 0) is 18.1 Å². The molecule has 1 aliphatic rings. The van der Waals surface area contributed by atoms with E-state index >= 15 is 0 Å². The van der Waals surface area contributed by atoms with Crippen molar-refractivity contribution in [1.29, 1.82) is 0 Å². The van der Waals surface area contributed by atoms with Crippen LogP contribution in [-0.4, -0.2) is 49.4 Å². The molecule has 140 valence electrons. The zero-order valence-electron chi connectivity index (χ0n) is 13.7. The number of rotatable bonds is 5. The quantitative estimate of drug-likeness (QED) is 0.626. The summed E-state index contributed by atoms with van der Waals surface area (Å²) in [6.07, 6.45) is -3.80. The lowest BCUT2D eigenvalue weighted by atomic mass is 10.1. The van der Waals surface area contributed by atoms with Crippen LogP contribution in [0.15, 0.2) is 46.1 Å². The minimum Gasteiger partial charge on any atom is -0.394 e. The molecule has 2 aromatic rings. The molecule has 1 aromatic carbocycles. The molecule has 0 radical (unpaired) electrons. The molecule has 3 rings (SSSR count). The topological polar surface area (TPSA) is 114 Å². The molecule has 1 fully saturated rings. The van der Waals surface area contributed by atoms with Crippen LogP contribution in [-0.2, 0) is 17.7 Å². The minimum absolute atomic E-state index is 0.0613. The molecule has 1 unspecified atom stereocenters. The number of aryl methyl sites for hydroxylation is 1. The second kappa shape index (κ2) is 7.50. The third kappa shape index (κ3) is 3.34. The van der Waals surface area contributed by atoms with Crippen molar-refractivity contribution >= 4 is 0 Å². The van der Waals surface area contributed by atoms with Gasteiger partial charge in [0, 0.05) is 18.8 Å². The number of halogens is 1. The molecule has 0 spiro atoms. The molecular weight excluding hydrogens is 347 g/mol. The van der Waals surface area contributed by atoms with Crippen LogP contribution in [0.25, 0.3) is 0 Å². The number of hydrogen-bond donors (Lipinski definition) is 3. The molecule has 1 aromatic heterocycles. The molecule has 1 saturated heterocycles. The first-order valence-corrected chi connectivity index (χ1v) is 8.12. The van der Waals surface area contributed by atoms with Crippen molar-refractivity contribution in [1.82, 2.24) is 9.13 Å². The maximum Gasteiger partial charge on any atom is 0.333 e. The third-order valence-corrected chi connectivity index (χ3v) is 4.45. The van der Waals surface area contributed by atoms with Crippen molar-refractivity contribution in [3.8, 4) is 0 Å². The highest BCUT2D eigenvalue weighted by Gasteiger charge is 2.43. The largest absolute Gasteiger partial charge is 0.394 e. The van der Waals surface area contributed by atoms with Crippen molar-refractivity contribution in [3.63, 3.8) is 0 Å². The molecule has 0 saturated carbocycles. The summed E-state index contributed by atoms with van der Waals surface area (Å²) < 4.78 is 20.9. The highest BCUT2D eigenvalue weighted by Crippen LogP contribution is 2.27.